The highest BCUT2D eigenvalue weighted by molar-refractivity contribution is 5.64. The number of benzene rings is 2. The predicted octanol–water partition coefficient (Wildman–Crippen LogP) is 3.33. The monoisotopic (exact) mass is 282 g/mol. The van der Waals surface area contributed by atoms with E-state index in [4.69, 9.17) is 0 Å². The zero-order chi connectivity index (χ0) is 14.9. The number of halogens is 1. The van der Waals surface area contributed by atoms with Crippen LogP contribution < -0.4 is 0 Å². The predicted molar refractivity (Wildman–Crippen MR) is 78.1 cm³/mol. The van der Waals surface area contributed by atoms with Crippen molar-refractivity contribution >= 4 is 0 Å². The van der Waals surface area contributed by atoms with E-state index in [1.807, 2.05) is 50.2 Å². The molecule has 0 aliphatic carbocycles. The van der Waals surface area contributed by atoms with Crippen LogP contribution in [0, 0.1) is 5.82 Å². The number of nitrogens with zero attached hydrogens (tertiary/aromatic N) is 3. The number of hydrogen-bond donors (Lipinski definition) is 1. The fourth-order valence-corrected chi connectivity index (χ4v) is 2.31. The van der Waals surface area contributed by atoms with Crippen molar-refractivity contribution in [1.82, 2.24) is 20.6 Å². The zero-order valence-electron chi connectivity index (χ0n) is 11.8. The second kappa shape index (κ2) is 5.09. The van der Waals surface area contributed by atoms with Gasteiger partial charge in [-0.1, -0.05) is 47.7 Å². The van der Waals surface area contributed by atoms with Crippen LogP contribution in [0.2, 0.25) is 0 Å². The summed E-state index contributed by atoms with van der Waals surface area (Å²) in [4.78, 5) is 0. The minimum Gasteiger partial charge on any atom is -0.206 e. The number of nitrogens with one attached hydrogen (secondary N) is 1. The van der Waals surface area contributed by atoms with Gasteiger partial charge in [0.15, 0.2) is 5.82 Å². The lowest BCUT2D eigenvalue weighted by atomic mass is 9.83. The Bertz CT molecular complexity index is 736. The smallest absolute Gasteiger partial charge is 0.184 e. The molecular weight excluding hydrogens is 267 g/mol. The third-order valence-corrected chi connectivity index (χ3v) is 3.68. The first-order valence-corrected chi connectivity index (χ1v) is 6.68. The Morgan fingerprint density at radius 3 is 2.43 bits per heavy atom. The van der Waals surface area contributed by atoms with E-state index < -0.39 is 5.41 Å². The quantitative estimate of drug-likeness (QED) is 0.801. The first-order chi connectivity index (χ1) is 10.1. The van der Waals surface area contributed by atoms with Crippen LogP contribution in [-0.2, 0) is 5.41 Å². The lowest BCUT2D eigenvalue weighted by molar-refractivity contribution is 0.575. The number of rotatable bonds is 3. The van der Waals surface area contributed by atoms with Gasteiger partial charge in [-0.3, -0.25) is 0 Å². The fourth-order valence-electron chi connectivity index (χ4n) is 2.31. The van der Waals surface area contributed by atoms with Crippen molar-refractivity contribution in [3.05, 3.63) is 65.7 Å². The first-order valence-electron chi connectivity index (χ1n) is 6.68. The molecule has 0 amide bonds. The molecule has 0 unspecified atom stereocenters. The van der Waals surface area contributed by atoms with E-state index in [1.165, 1.54) is 0 Å². The van der Waals surface area contributed by atoms with Gasteiger partial charge in [-0.2, -0.15) is 5.21 Å². The van der Waals surface area contributed by atoms with Gasteiger partial charge in [0.2, 0.25) is 0 Å². The van der Waals surface area contributed by atoms with E-state index in [-0.39, 0.29) is 5.82 Å². The largest absolute Gasteiger partial charge is 0.206 e. The van der Waals surface area contributed by atoms with E-state index in [1.54, 1.807) is 12.1 Å². The maximum Gasteiger partial charge on any atom is 0.184 e. The average molecular weight is 282 g/mol. The molecule has 1 heterocycles. The molecule has 1 aromatic heterocycles. The Morgan fingerprint density at radius 1 is 1.05 bits per heavy atom. The minimum atomic E-state index is -0.511. The SMILES string of the molecule is CC(C)(c1ccc(-c2ccccc2)c(F)c1)c1nn[nH]n1. The van der Waals surface area contributed by atoms with Gasteiger partial charge in [0, 0.05) is 5.56 Å². The molecule has 3 rings (SSSR count). The minimum absolute atomic E-state index is 0.254. The summed E-state index contributed by atoms with van der Waals surface area (Å²) in [6, 6.07) is 14.7. The molecule has 0 radical (unpaired) electrons. The van der Waals surface area contributed by atoms with E-state index in [9.17, 15) is 4.39 Å². The third kappa shape index (κ3) is 2.42. The van der Waals surface area contributed by atoms with Crippen LogP contribution in [-0.4, -0.2) is 20.6 Å². The second-order valence-electron chi connectivity index (χ2n) is 5.42. The van der Waals surface area contributed by atoms with E-state index in [0.717, 1.165) is 11.1 Å². The normalized spacial score (nSPS) is 11.6. The summed E-state index contributed by atoms with van der Waals surface area (Å²) in [5.74, 6) is 0.282. The Kier molecular flexibility index (Phi) is 3.25. The second-order valence-corrected chi connectivity index (χ2v) is 5.42. The molecule has 0 saturated heterocycles. The van der Waals surface area contributed by atoms with Crippen LogP contribution in [0.5, 0.6) is 0 Å². The molecule has 0 spiro atoms. The molecule has 0 aliphatic heterocycles. The van der Waals surface area contributed by atoms with Crippen LogP contribution in [0.3, 0.4) is 0 Å². The van der Waals surface area contributed by atoms with Crippen LogP contribution in [0.4, 0.5) is 4.39 Å². The molecule has 0 aliphatic rings. The Hall–Kier alpha value is -2.56. The molecule has 5 heteroatoms. The molecule has 0 saturated carbocycles. The highest BCUT2D eigenvalue weighted by atomic mass is 19.1. The Morgan fingerprint density at radius 2 is 1.81 bits per heavy atom. The van der Waals surface area contributed by atoms with Gasteiger partial charge >= 0.3 is 0 Å². The molecule has 0 atom stereocenters. The summed E-state index contributed by atoms with van der Waals surface area (Å²) in [7, 11) is 0. The first kappa shape index (κ1) is 13.4. The van der Waals surface area contributed by atoms with Gasteiger partial charge in [-0.05, 0) is 31.0 Å². The van der Waals surface area contributed by atoms with Crippen molar-refractivity contribution in [2.24, 2.45) is 0 Å². The average Bonchev–Trinajstić information content (AvgIpc) is 3.03. The molecule has 3 aromatic rings. The van der Waals surface area contributed by atoms with Crippen molar-refractivity contribution in [2.75, 3.05) is 0 Å². The van der Waals surface area contributed by atoms with Crippen LogP contribution in [0.25, 0.3) is 11.1 Å². The van der Waals surface area contributed by atoms with E-state index >= 15 is 0 Å². The third-order valence-electron chi connectivity index (χ3n) is 3.68. The highest BCUT2D eigenvalue weighted by Crippen LogP contribution is 2.32. The summed E-state index contributed by atoms with van der Waals surface area (Å²) < 4.78 is 14.4. The van der Waals surface area contributed by atoms with Crippen molar-refractivity contribution < 1.29 is 4.39 Å². The Labute approximate surface area is 122 Å². The van der Waals surface area contributed by atoms with Gasteiger partial charge < -0.3 is 0 Å². The highest BCUT2D eigenvalue weighted by Gasteiger charge is 2.28. The number of aromatic nitrogens is 4. The van der Waals surface area contributed by atoms with Gasteiger partial charge in [0.25, 0.3) is 0 Å². The molecule has 2 aromatic carbocycles. The number of tetrazole rings is 1. The van der Waals surface area contributed by atoms with Gasteiger partial charge in [0.1, 0.15) is 5.82 Å². The Balaban J connectivity index is 2.03. The molecule has 0 bridgehead atoms. The van der Waals surface area contributed by atoms with Crippen LogP contribution >= 0.6 is 0 Å². The van der Waals surface area contributed by atoms with E-state index in [0.29, 0.717) is 11.4 Å². The molecular formula is C16H15FN4. The summed E-state index contributed by atoms with van der Waals surface area (Å²) in [5.41, 5.74) is 1.74. The van der Waals surface area contributed by atoms with Gasteiger partial charge in [-0.25, -0.2) is 4.39 Å². The number of H-pyrrole nitrogens is 1. The molecule has 21 heavy (non-hydrogen) atoms. The topological polar surface area (TPSA) is 54.5 Å². The summed E-state index contributed by atoms with van der Waals surface area (Å²) in [6.45, 7) is 3.88. The summed E-state index contributed by atoms with van der Waals surface area (Å²) >= 11 is 0. The zero-order valence-corrected chi connectivity index (χ0v) is 11.8. The number of aromatic amines is 1. The maximum absolute atomic E-state index is 14.4. The van der Waals surface area contributed by atoms with Crippen molar-refractivity contribution in [3.8, 4) is 11.1 Å². The van der Waals surface area contributed by atoms with Crippen molar-refractivity contribution in [1.29, 1.82) is 0 Å². The molecule has 0 fully saturated rings. The van der Waals surface area contributed by atoms with Gasteiger partial charge in [-0.15, -0.1) is 10.2 Å². The van der Waals surface area contributed by atoms with Crippen molar-refractivity contribution in [3.63, 3.8) is 0 Å². The lowest BCUT2D eigenvalue weighted by Gasteiger charge is -2.21. The summed E-state index contributed by atoms with van der Waals surface area (Å²) in [6.07, 6.45) is 0. The van der Waals surface area contributed by atoms with Gasteiger partial charge in [0.05, 0.1) is 5.41 Å². The summed E-state index contributed by atoms with van der Waals surface area (Å²) in [5, 5.41) is 14.0. The van der Waals surface area contributed by atoms with E-state index in [2.05, 4.69) is 20.6 Å². The molecule has 106 valence electrons. The fraction of sp³-hybridized carbons (Fsp3) is 0.188. The lowest BCUT2D eigenvalue weighted by Crippen LogP contribution is -2.21. The van der Waals surface area contributed by atoms with Crippen molar-refractivity contribution in [2.45, 2.75) is 19.3 Å². The molecule has 4 nitrogen and oxygen atoms in total. The van der Waals surface area contributed by atoms with Crippen LogP contribution in [0.15, 0.2) is 48.5 Å². The standard InChI is InChI=1S/C16H15FN4/c1-16(2,15-18-20-21-19-15)12-8-9-13(14(17)10-12)11-6-4-3-5-7-11/h3-10H,1-2H3,(H,18,19,20,21). The van der Waals surface area contributed by atoms with Crippen LogP contribution in [0.1, 0.15) is 25.2 Å². The molecule has 1 N–H and O–H groups in total. The maximum atomic E-state index is 14.4. The number of hydrogen-bond acceptors (Lipinski definition) is 3.